The number of hydrogen-bond acceptors (Lipinski definition) is 19. The third-order valence-electron chi connectivity index (χ3n) is 20.0. The number of fused-ring (bicyclic) bond motifs is 3. The summed E-state index contributed by atoms with van der Waals surface area (Å²) in [6.07, 6.45) is -1.17. The number of rotatable bonds is 23. The highest BCUT2D eigenvalue weighted by atomic mass is 79.9. The number of nitrogens with two attached hydrogens (primary N) is 1. The SMILES string of the molecule is CC1(C)OB(c2ccc3c(c2)C(F)=NC3)OC1(C)C.COc1cccc(C(CN)NC(=O)c2cc(-c3ccc4c(c3)C(F)=NC4)ccc2OC)c1.COc1cccc(C(CNC(=O)OC(C)(C)C)NC(=O)c2cc(-c3ccc4c(c3)C(F)=NC4)ccc2OC)c1.COc1cccc(C(CNC(=O)OC(C)(C)C)NC(=O)c2cc(Br)ccc2OC)c1. The smallest absolute Gasteiger partial charge is 0.494 e. The molecule has 29 heteroatoms. The number of amides is 5. The lowest BCUT2D eigenvalue weighted by Crippen LogP contribution is -2.41. The molecule has 9 aromatic rings. The first-order chi connectivity index (χ1) is 57.0. The van der Waals surface area contributed by atoms with Gasteiger partial charge in [-0.3, -0.25) is 29.4 Å². The number of methoxy groups -OCH3 is 6. The van der Waals surface area contributed by atoms with E-state index in [2.05, 4.69) is 57.5 Å². The Morgan fingerprint density at radius 3 is 1.14 bits per heavy atom. The summed E-state index contributed by atoms with van der Waals surface area (Å²) in [7, 11) is 8.75. The van der Waals surface area contributed by atoms with Gasteiger partial charge in [0.15, 0.2) is 0 Å². The minimum Gasteiger partial charge on any atom is -0.497 e. The van der Waals surface area contributed by atoms with Crippen molar-refractivity contribution in [3.63, 3.8) is 0 Å². The van der Waals surface area contributed by atoms with Gasteiger partial charge in [-0.2, -0.15) is 13.2 Å². The number of ether oxygens (including phenoxy) is 8. The Hall–Kier alpha value is -12.0. The summed E-state index contributed by atoms with van der Waals surface area (Å²) >= 11 is 3.38. The van der Waals surface area contributed by atoms with E-state index in [1.165, 1.54) is 21.3 Å². The van der Waals surface area contributed by atoms with Crippen molar-refractivity contribution >= 4 is 76.3 Å². The van der Waals surface area contributed by atoms with Crippen molar-refractivity contribution in [3.8, 4) is 56.8 Å². The van der Waals surface area contributed by atoms with Gasteiger partial charge < -0.3 is 79.5 Å². The van der Waals surface area contributed by atoms with Crippen LogP contribution in [-0.2, 0) is 38.4 Å². The van der Waals surface area contributed by atoms with Gasteiger partial charge in [-0.05, 0) is 221 Å². The van der Waals surface area contributed by atoms with Gasteiger partial charge in [-0.25, -0.2) is 9.59 Å². The number of alkyl carbamates (subject to hydrolysis) is 2. The van der Waals surface area contributed by atoms with E-state index in [9.17, 15) is 37.1 Å². The molecule has 1 fully saturated rings. The first-order valence-electron chi connectivity index (χ1n) is 38.6. The Kier molecular flexibility index (Phi) is 29.9. The first kappa shape index (κ1) is 90.3. The number of benzene rings is 9. The van der Waals surface area contributed by atoms with Crippen molar-refractivity contribution < 1.29 is 84.3 Å². The largest absolute Gasteiger partial charge is 0.497 e. The fourth-order valence-electron chi connectivity index (χ4n) is 13.0. The minimum absolute atomic E-state index is 0.0687. The van der Waals surface area contributed by atoms with Crippen LogP contribution in [0.3, 0.4) is 0 Å². The van der Waals surface area contributed by atoms with Crippen LogP contribution in [0.25, 0.3) is 22.3 Å². The lowest BCUT2D eigenvalue weighted by Gasteiger charge is -2.32. The molecule has 630 valence electrons. The number of carbonyl (C=O) groups is 5. The highest BCUT2D eigenvalue weighted by Gasteiger charge is 2.52. The molecule has 4 aliphatic rings. The summed E-state index contributed by atoms with van der Waals surface area (Å²) in [6, 6.07) is 52.6. The monoisotopic (exact) mass is 1710 g/mol. The van der Waals surface area contributed by atoms with Gasteiger partial charge in [0.05, 0.1) is 108 Å². The standard InChI is InChI=1S/C30H32FN3O5.C25H24FN3O3.C22H27BrN2O5.C14H17BFNO2/c1-30(2,3)39-29(36)33-17-25(20-7-6-8-22(13-20)37-4)34-28(35)24-15-19(11-12-26(24)38-5)18-9-10-21-16-32-27(31)23(21)14-18;1-31-19-5-3-4-17(10-19)22(13-27)29-25(30)21-12-16(8-9-23(21)32-2)15-6-7-18-14-28-24(26)20(18)11-15;1-22(2,3)30-21(27)24-13-18(14-7-6-8-16(11-14)28-4)25-20(26)17-12-15(23)9-10-19(17)29-5;1-13(2)14(3,4)19-15(18-13)10-6-5-9-8-17-12(16)11(9)7-10/h6-15,25H,16-17H2,1-5H3,(H,33,36)(H,34,35);3-12,22H,13-14,27H2,1-2H3,(H,29,30);6-12,18H,13H2,1-5H3,(H,24,27)(H,25,26);5-7H,8H2,1-4H3. The Bertz CT molecular complexity index is 5330. The second-order valence-electron chi connectivity index (χ2n) is 31.2. The van der Waals surface area contributed by atoms with Gasteiger partial charge >= 0.3 is 19.3 Å². The molecule has 4 heterocycles. The molecule has 0 radical (unpaired) electrons. The number of halogens is 4. The summed E-state index contributed by atoms with van der Waals surface area (Å²) in [5.41, 5.74) is 15.2. The van der Waals surface area contributed by atoms with Crippen molar-refractivity contribution in [2.24, 2.45) is 20.7 Å². The van der Waals surface area contributed by atoms with E-state index in [1.807, 2.05) is 119 Å². The summed E-state index contributed by atoms with van der Waals surface area (Å²) < 4.78 is 97.1. The quantitative estimate of drug-likeness (QED) is 0.0324. The highest BCUT2D eigenvalue weighted by Crippen LogP contribution is 2.39. The van der Waals surface area contributed by atoms with Crippen LogP contribution < -0.4 is 66.2 Å². The van der Waals surface area contributed by atoms with Crippen LogP contribution in [0.2, 0.25) is 0 Å². The molecule has 120 heavy (non-hydrogen) atoms. The van der Waals surface area contributed by atoms with Gasteiger partial charge in [0.1, 0.15) is 45.7 Å². The fourth-order valence-corrected chi connectivity index (χ4v) is 13.4. The summed E-state index contributed by atoms with van der Waals surface area (Å²) in [4.78, 5) is 75.8. The molecule has 5 amide bonds. The molecule has 0 bridgehead atoms. The molecule has 4 aliphatic heterocycles. The van der Waals surface area contributed by atoms with Crippen LogP contribution in [0.1, 0.15) is 169 Å². The highest BCUT2D eigenvalue weighted by molar-refractivity contribution is 9.10. The van der Waals surface area contributed by atoms with E-state index >= 15 is 0 Å². The third-order valence-corrected chi connectivity index (χ3v) is 20.5. The van der Waals surface area contributed by atoms with E-state index in [1.54, 1.807) is 154 Å². The van der Waals surface area contributed by atoms with E-state index in [4.69, 9.17) is 52.9 Å². The molecule has 0 spiro atoms. The second kappa shape index (κ2) is 39.7. The maximum Gasteiger partial charge on any atom is 0.494 e. The Labute approximate surface area is 705 Å². The number of carbonyl (C=O) groups excluding carboxylic acids is 5. The first-order valence-corrected chi connectivity index (χ1v) is 39.4. The Morgan fingerprint density at radius 1 is 0.442 bits per heavy atom. The zero-order valence-corrected chi connectivity index (χ0v) is 71.5. The van der Waals surface area contributed by atoms with Crippen molar-refractivity contribution in [3.05, 3.63) is 253 Å². The Morgan fingerprint density at radius 2 is 0.775 bits per heavy atom. The van der Waals surface area contributed by atoms with Gasteiger partial charge in [0.25, 0.3) is 17.7 Å². The molecule has 0 saturated carbocycles. The summed E-state index contributed by atoms with van der Waals surface area (Å²) in [6.45, 7) is 20.2. The van der Waals surface area contributed by atoms with Crippen molar-refractivity contribution in [1.29, 1.82) is 0 Å². The van der Waals surface area contributed by atoms with E-state index < -0.39 is 72.4 Å². The zero-order chi connectivity index (χ0) is 87.0. The molecule has 24 nitrogen and oxygen atoms in total. The molecule has 1 saturated heterocycles. The molecule has 3 unspecified atom stereocenters. The molecule has 0 aromatic heterocycles. The lowest BCUT2D eigenvalue weighted by atomic mass is 9.78. The van der Waals surface area contributed by atoms with E-state index in [-0.39, 0.29) is 48.2 Å². The van der Waals surface area contributed by atoms with Gasteiger partial charge in [0.2, 0.25) is 17.9 Å². The van der Waals surface area contributed by atoms with E-state index in [0.717, 1.165) is 60.0 Å². The molecule has 3 atom stereocenters. The third kappa shape index (κ3) is 23.3. The van der Waals surface area contributed by atoms with Crippen LogP contribution >= 0.6 is 15.9 Å². The topological polar surface area (TPSA) is 301 Å². The summed E-state index contributed by atoms with van der Waals surface area (Å²) in [5.74, 6) is 0.755. The Balaban J connectivity index is 0.000000172. The zero-order valence-electron chi connectivity index (χ0n) is 69.9. The molecule has 0 aliphatic carbocycles. The predicted octanol–water partition coefficient (Wildman–Crippen LogP) is 16.3. The van der Waals surface area contributed by atoms with Crippen molar-refractivity contribution in [1.82, 2.24) is 26.6 Å². The average Bonchev–Trinajstić information content (AvgIpc) is 1.61. The minimum atomic E-state index is -0.668. The lowest BCUT2D eigenvalue weighted by molar-refractivity contribution is 0.00578. The number of nitrogens with zero attached hydrogens (tertiary/aromatic N) is 3. The predicted molar refractivity (Wildman–Crippen MR) is 461 cm³/mol. The average molecular weight is 1710 g/mol. The van der Waals surface area contributed by atoms with Crippen LogP contribution in [0.15, 0.2) is 201 Å². The van der Waals surface area contributed by atoms with Crippen LogP contribution in [0, 0.1) is 0 Å². The van der Waals surface area contributed by atoms with E-state index in [0.29, 0.717) is 87.5 Å². The molecule has 13 rings (SSSR count). The molecule has 7 N–H and O–H groups in total. The molecular weight excluding hydrogens is 1610 g/mol. The molecular formula is C91H100BBrF3N9O15. The number of aliphatic imine (C=N–C) groups is 3. The second-order valence-corrected chi connectivity index (χ2v) is 32.1. The van der Waals surface area contributed by atoms with Gasteiger partial charge in [-0.1, -0.05) is 107 Å². The van der Waals surface area contributed by atoms with Gasteiger partial charge in [0, 0.05) is 40.8 Å². The van der Waals surface area contributed by atoms with Gasteiger partial charge in [-0.15, -0.1) is 0 Å². The maximum absolute atomic E-state index is 14.1. The van der Waals surface area contributed by atoms with Crippen LogP contribution in [0.5, 0.6) is 34.5 Å². The molecule has 9 aromatic carbocycles. The number of nitrogens with one attached hydrogen (secondary N) is 5. The summed E-state index contributed by atoms with van der Waals surface area (Å²) in [5, 5.41) is 14.4. The normalized spacial score (nSPS) is 14.5. The fraction of sp³-hybridized carbons (Fsp3) is 0.319. The maximum atomic E-state index is 14.1. The van der Waals surface area contributed by atoms with Crippen molar-refractivity contribution in [2.45, 2.75) is 129 Å². The van der Waals surface area contributed by atoms with Crippen LogP contribution in [0.4, 0.5) is 22.8 Å². The van der Waals surface area contributed by atoms with Crippen LogP contribution in [-0.4, -0.2) is 140 Å². The van der Waals surface area contributed by atoms with Crippen molar-refractivity contribution in [2.75, 3.05) is 62.3 Å². The number of hydrogen-bond donors (Lipinski definition) is 6.